The number of carboxylic acids is 1. The van der Waals surface area contributed by atoms with Crippen molar-refractivity contribution in [1.82, 2.24) is 4.57 Å². The molecule has 4 rings (SSSR count). The highest BCUT2D eigenvalue weighted by Crippen LogP contribution is 2.28. The largest absolute Gasteiger partial charge is 0.481 e. The molecule has 0 radical (unpaired) electrons. The molecule has 230 valence electrons. The van der Waals surface area contributed by atoms with Crippen molar-refractivity contribution >= 4 is 28.3 Å². The van der Waals surface area contributed by atoms with Crippen LogP contribution in [-0.2, 0) is 17.8 Å². The lowest BCUT2D eigenvalue weighted by Gasteiger charge is -2.20. The first kappa shape index (κ1) is 32.5. The maximum atomic E-state index is 13.9. The lowest BCUT2D eigenvalue weighted by molar-refractivity contribution is -0.137. The van der Waals surface area contributed by atoms with Gasteiger partial charge in [-0.1, -0.05) is 107 Å². The summed E-state index contributed by atoms with van der Waals surface area (Å²) in [5.41, 5.74) is 6.69. The standard InChI is InChI=1S/C39H46N2O3/c1-27(2)23-29(5)11-8-15-36(31-20-18-30(19-21-31)24-28(3)4)40-33-13-9-12-32(25-33)39(44)35-26-41(22-10-17-38(42)43)37-16-7-6-14-34(35)37/h6-9,11-14,16,18-21,25-28,36,40H,5,10,15,17,22-24H2,1-4H3,(H,42,43). The van der Waals surface area contributed by atoms with Crippen molar-refractivity contribution in [2.45, 2.75) is 72.4 Å². The summed E-state index contributed by atoms with van der Waals surface area (Å²) in [5.74, 6) is 0.293. The number of nitrogens with zero attached hydrogens (tertiary/aromatic N) is 1. The van der Waals surface area contributed by atoms with Gasteiger partial charge >= 0.3 is 5.97 Å². The number of carboxylic acid groups (broad SMARTS) is 1. The third kappa shape index (κ3) is 9.06. The number of ketones is 1. The van der Waals surface area contributed by atoms with E-state index in [2.05, 4.69) is 76.0 Å². The maximum Gasteiger partial charge on any atom is 0.303 e. The molecule has 0 aliphatic heterocycles. The fraction of sp³-hybridized carbons (Fsp3) is 0.333. The summed E-state index contributed by atoms with van der Waals surface area (Å²) in [7, 11) is 0. The molecular weight excluding hydrogens is 544 g/mol. The molecular formula is C39H46N2O3. The van der Waals surface area contributed by atoms with Crippen LogP contribution in [-0.4, -0.2) is 21.4 Å². The van der Waals surface area contributed by atoms with Gasteiger partial charge in [-0.2, -0.15) is 0 Å². The Hall–Kier alpha value is -4.38. The number of rotatable bonds is 16. The van der Waals surface area contributed by atoms with Crippen LogP contribution >= 0.6 is 0 Å². The van der Waals surface area contributed by atoms with Crippen LogP contribution in [0.25, 0.3) is 10.9 Å². The van der Waals surface area contributed by atoms with E-state index in [1.54, 1.807) is 0 Å². The van der Waals surface area contributed by atoms with E-state index in [4.69, 9.17) is 5.11 Å². The van der Waals surface area contributed by atoms with Crippen molar-refractivity contribution in [3.63, 3.8) is 0 Å². The van der Waals surface area contributed by atoms with Gasteiger partial charge in [-0.15, -0.1) is 0 Å². The maximum absolute atomic E-state index is 13.9. The average molecular weight is 591 g/mol. The van der Waals surface area contributed by atoms with E-state index in [0.717, 1.165) is 41.4 Å². The molecule has 0 saturated heterocycles. The Balaban J connectivity index is 1.58. The second-order valence-corrected chi connectivity index (χ2v) is 12.6. The van der Waals surface area contributed by atoms with E-state index in [9.17, 15) is 9.59 Å². The molecule has 2 N–H and O–H groups in total. The zero-order valence-electron chi connectivity index (χ0n) is 26.6. The van der Waals surface area contributed by atoms with E-state index in [1.807, 2.05) is 59.3 Å². The van der Waals surface area contributed by atoms with Crippen molar-refractivity contribution < 1.29 is 14.7 Å². The van der Waals surface area contributed by atoms with Crippen LogP contribution in [0.3, 0.4) is 0 Å². The Morgan fingerprint density at radius 1 is 0.955 bits per heavy atom. The van der Waals surface area contributed by atoms with Gasteiger partial charge in [-0.25, -0.2) is 0 Å². The summed E-state index contributed by atoms with van der Waals surface area (Å²) in [5, 5.41) is 13.7. The second-order valence-electron chi connectivity index (χ2n) is 12.6. The Bertz CT molecular complexity index is 1610. The molecule has 5 heteroatoms. The normalized spacial score (nSPS) is 12.3. The predicted molar refractivity (Wildman–Crippen MR) is 182 cm³/mol. The average Bonchev–Trinajstić information content (AvgIpc) is 3.34. The Kier molecular flexibility index (Phi) is 11.4. The first-order valence-corrected chi connectivity index (χ1v) is 15.7. The van der Waals surface area contributed by atoms with E-state index >= 15 is 0 Å². The lowest BCUT2D eigenvalue weighted by atomic mass is 9.97. The van der Waals surface area contributed by atoms with Crippen molar-refractivity contribution in [1.29, 1.82) is 0 Å². The quantitative estimate of drug-likeness (QED) is 0.101. The number of nitrogens with one attached hydrogen (secondary N) is 1. The third-order valence-electron chi connectivity index (χ3n) is 7.71. The van der Waals surface area contributed by atoms with Crippen molar-refractivity contribution in [3.8, 4) is 0 Å². The first-order chi connectivity index (χ1) is 21.1. The third-order valence-corrected chi connectivity index (χ3v) is 7.71. The minimum absolute atomic E-state index is 0.0210. The number of anilines is 1. The van der Waals surface area contributed by atoms with Crippen molar-refractivity contribution in [3.05, 3.63) is 126 Å². The number of aromatic nitrogens is 1. The van der Waals surface area contributed by atoms with Crippen LogP contribution in [0, 0.1) is 11.8 Å². The number of fused-ring (bicyclic) bond motifs is 1. The molecule has 0 aliphatic rings. The summed E-state index contributed by atoms with van der Waals surface area (Å²) in [6.45, 7) is 13.6. The van der Waals surface area contributed by atoms with Gasteiger partial charge in [0.25, 0.3) is 0 Å². The number of hydrogen-bond donors (Lipinski definition) is 2. The van der Waals surface area contributed by atoms with Gasteiger partial charge in [0.15, 0.2) is 5.78 Å². The topological polar surface area (TPSA) is 71.3 Å². The smallest absolute Gasteiger partial charge is 0.303 e. The molecule has 5 nitrogen and oxygen atoms in total. The summed E-state index contributed by atoms with van der Waals surface area (Å²) in [6.07, 6.45) is 9.58. The molecule has 0 spiro atoms. The minimum Gasteiger partial charge on any atom is -0.481 e. The van der Waals surface area contributed by atoms with Gasteiger partial charge in [0.2, 0.25) is 0 Å². The summed E-state index contributed by atoms with van der Waals surface area (Å²) < 4.78 is 1.99. The highest BCUT2D eigenvalue weighted by atomic mass is 16.4. The minimum atomic E-state index is -0.817. The second kappa shape index (κ2) is 15.4. The molecule has 4 aromatic rings. The number of carbonyl (C=O) groups excluding carboxylic acids is 1. The molecule has 0 saturated carbocycles. The molecule has 0 fully saturated rings. The van der Waals surface area contributed by atoms with Crippen LogP contribution in [0.2, 0.25) is 0 Å². The summed E-state index contributed by atoms with van der Waals surface area (Å²) in [6, 6.07) is 24.4. The van der Waals surface area contributed by atoms with Crippen molar-refractivity contribution in [2.75, 3.05) is 5.32 Å². The molecule has 0 bridgehead atoms. The summed E-state index contributed by atoms with van der Waals surface area (Å²) >= 11 is 0. The van der Waals surface area contributed by atoms with Crippen LogP contribution < -0.4 is 5.32 Å². The number of aryl methyl sites for hydroxylation is 1. The number of para-hydroxylation sites is 1. The van der Waals surface area contributed by atoms with Crippen LogP contribution in [0.5, 0.6) is 0 Å². The Morgan fingerprint density at radius 3 is 2.41 bits per heavy atom. The van der Waals surface area contributed by atoms with Crippen LogP contribution in [0.4, 0.5) is 5.69 Å². The Morgan fingerprint density at radius 2 is 1.70 bits per heavy atom. The van der Waals surface area contributed by atoms with E-state index in [0.29, 0.717) is 35.9 Å². The van der Waals surface area contributed by atoms with Gasteiger partial charge in [-0.3, -0.25) is 9.59 Å². The zero-order valence-corrected chi connectivity index (χ0v) is 26.6. The SMILES string of the molecule is C=C(C=CCC(Nc1cccc(C(=O)c2cn(CCCC(=O)O)c3ccccc23)c1)c1ccc(CC(C)C)cc1)CC(C)C. The molecule has 44 heavy (non-hydrogen) atoms. The molecule has 1 atom stereocenters. The van der Waals surface area contributed by atoms with Gasteiger partial charge in [0.05, 0.1) is 6.04 Å². The molecule has 1 heterocycles. The molecule has 0 aliphatic carbocycles. The van der Waals surface area contributed by atoms with Gasteiger partial charge in [0, 0.05) is 46.9 Å². The number of hydrogen-bond acceptors (Lipinski definition) is 3. The molecule has 3 aromatic carbocycles. The molecule has 1 unspecified atom stereocenters. The molecule has 1 aromatic heterocycles. The summed E-state index contributed by atoms with van der Waals surface area (Å²) in [4.78, 5) is 24.9. The highest BCUT2D eigenvalue weighted by molar-refractivity contribution is 6.16. The van der Waals surface area contributed by atoms with E-state index < -0.39 is 5.97 Å². The number of aliphatic carboxylic acids is 1. The lowest BCUT2D eigenvalue weighted by Crippen LogP contribution is -2.11. The number of carbonyl (C=O) groups is 2. The van der Waals surface area contributed by atoms with Crippen LogP contribution in [0.1, 0.15) is 86.5 Å². The number of benzene rings is 3. The van der Waals surface area contributed by atoms with Crippen LogP contribution in [0.15, 0.2) is 103 Å². The van der Waals surface area contributed by atoms with Gasteiger partial charge in [0.1, 0.15) is 0 Å². The fourth-order valence-electron chi connectivity index (χ4n) is 5.72. The van der Waals surface area contributed by atoms with Gasteiger partial charge in [-0.05, 0) is 66.8 Å². The van der Waals surface area contributed by atoms with E-state index in [1.165, 1.54) is 11.1 Å². The highest BCUT2D eigenvalue weighted by Gasteiger charge is 2.18. The van der Waals surface area contributed by atoms with Gasteiger partial charge < -0.3 is 15.0 Å². The predicted octanol–water partition coefficient (Wildman–Crippen LogP) is 9.64. The Labute approximate surface area is 262 Å². The van der Waals surface area contributed by atoms with E-state index in [-0.39, 0.29) is 18.2 Å². The molecule has 0 amide bonds. The first-order valence-electron chi connectivity index (χ1n) is 15.7. The zero-order chi connectivity index (χ0) is 31.6. The number of allylic oxidation sites excluding steroid dienone is 2. The monoisotopic (exact) mass is 590 g/mol. The fourth-order valence-corrected chi connectivity index (χ4v) is 5.72. The van der Waals surface area contributed by atoms with Crippen molar-refractivity contribution in [2.24, 2.45) is 11.8 Å².